The summed E-state index contributed by atoms with van der Waals surface area (Å²) in [5, 5.41) is 29.0. The van der Waals surface area contributed by atoms with Crippen LogP contribution in [0.3, 0.4) is 0 Å². The second-order valence-corrected chi connectivity index (χ2v) is 4.17. The van der Waals surface area contributed by atoms with E-state index in [9.17, 15) is 25.0 Å². The number of nitrogens with zero attached hydrogens (tertiary/aromatic N) is 2. The van der Waals surface area contributed by atoms with Crippen LogP contribution in [0.1, 0.15) is 0 Å². The highest BCUT2D eigenvalue weighted by Gasteiger charge is 2.05. The van der Waals surface area contributed by atoms with E-state index in [1.54, 1.807) is 0 Å². The lowest BCUT2D eigenvalue weighted by Crippen LogP contribution is -1.96. The van der Waals surface area contributed by atoms with Crippen molar-refractivity contribution in [1.29, 1.82) is 0 Å². The predicted octanol–water partition coefficient (Wildman–Crippen LogP) is 3.63. The molecule has 0 saturated carbocycles. The number of benzene rings is 2. The summed E-state index contributed by atoms with van der Waals surface area (Å²) in [6.07, 6.45) is 0. The molecule has 0 heterocycles. The van der Waals surface area contributed by atoms with E-state index in [2.05, 4.69) is 4.74 Å². The maximum absolute atomic E-state index is 10.2. The quantitative estimate of drug-likeness (QED) is 0.512. The first-order valence-electron chi connectivity index (χ1n) is 5.85. The number of ether oxygens (including phenoxy) is 1. The van der Waals surface area contributed by atoms with Crippen molar-refractivity contribution in [3.63, 3.8) is 0 Å². The molecule has 2 aromatic rings. The first-order chi connectivity index (χ1) is 10.8. The fourth-order valence-electron chi connectivity index (χ4n) is 1.30. The van der Waals surface area contributed by atoms with Crippen LogP contribution in [0, 0.1) is 20.2 Å². The van der Waals surface area contributed by atoms with Gasteiger partial charge in [0.1, 0.15) is 11.5 Å². The summed E-state index contributed by atoms with van der Waals surface area (Å²) >= 11 is 4.92. The van der Waals surface area contributed by atoms with E-state index in [4.69, 9.17) is 16.7 Å². The number of nitro groups is 2. The van der Waals surface area contributed by atoms with Crippen LogP contribution in [0.15, 0.2) is 48.5 Å². The van der Waals surface area contributed by atoms with Crippen molar-refractivity contribution in [1.82, 2.24) is 0 Å². The molecule has 9 nitrogen and oxygen atoms in total. The van der Waals surface area contributed by atoms with Crippen LogP contribution in [0.2, 0.25) is 0 Å². The van der Waals surface area contributed by atoms with Crippen LogP contribution >= 0.6 is 11.6 Å². The lowest BCUT2D eigenvalue weighted by Gasteiger charge is -1.97. The third-order valence-corrected chi connectivity index (χ3v) is 2.38. The second-order valence-electron chi connectivity index (χ2n) is 3.86. The Morgan fingerprint density at radius 2 is 1.30 bits per heavy atom. The molecule has 0 fully saturated rings. The normalized spacial score (nSPS) is 9.26. The summed E-state index contributed by atoms with van der Waals surface area (Å²) in [5.74, 6) is 0.205. The zero-order valence-corrected chi connectivity index (χ0v) is 12.0. The van der Waals surface area contributed by atoms with Gasteiger partial charge in [-0.3, -0.25) is 20.2 Å². The Morgan fingerprint density at radius 3 is 1.65 bits per heavy atom. The Balaban J connectivity index is 0.000000238. The fraction of sp³-hybridized carbons (Fsp3) is 0. The summed E-state index contributed by atoms with van der Waals surface area (Å²) < 4.78 is 4.45. The number of phenols is 1. The van der Waals surface area contributed by atoms with Crippen LogP contribution in [0.25, 0.3) is 0 Å². The van der Waals surface area contributed by atoms with Crippen molar-refractivity contribution in [3.8, 4) is 11.5 Å². The number of rotatable bonds is 3. The van der Waals surface area contributed by atoms with Gasteiger partial charge in [-0.05, 0) is 24.3 Å². The van der Waals surface area contributed by atoms with Gasteiger partial charge in [-0.2, -0.15) is 0 Å². The Labute approximate surface area is 134 Å². The van der Waals surface area contributed by atoms with Crippen molar-refractivity contribution >= 4 is 28.4 Å². The maximum atomic E-state index is 10.2. The van der Waals surface area contributed by atoms with Gasteiger partial charge in [0.2, 0.25) is 0 Å². The van der Waals surface area contributed by atoms with E-state index >= 15 is 0 Å². The van der Waals surface area contributed by atoms with Crippen molar-refractivity contribution in [2.75, 3.05) is 0 Å². The second kappa shape index (κ2) is 8.29. The molecule has 0 aliphatic heterocycles. The van der Waals surface area contributed by atoms with E-state index in [1.165, 1.54) is 48.5 Å². The van der Waals surface area contributed by atoms with Crippen molar-refractivity contribution in [2.45, 2.75) is 0 Å². The SMILES string of the molecule is O=C(Cl)Oc1ccc([N+](=O)[O-])cc1.O=[N+]([O-])c1ccc(O)cc1. The summed E-state index contributed by atoms with van der Waals surface area (Å²) in [6, 6.07) is 10.1. The number of phenolic OH excluding ortho intramolecular Hbond substituents is 1. The number of carbonyl (C=O) groups excluding carboxylic acids is 1. The zero-order chi connectivity index (χ0) is 17.4. The third-order valence-electron chi connectivity index (χ3n) is 2.31. The number of hydrogen-bond donors (Lipinski definition) is 1. The van der Waals surface area contributed by atoms with E-state index in [1.807, 2.05) is 0 Å². The van der Waals surface area contributed by atoms with Gasteiger partial charge < -0.3 is 9.84 Å². The van der Waals surface area contributed by atoms with E-state index in [0.717, 1.165) is 0 Å². The first kappa shape index (κ1) is 17.9. The molecule has 2 aromatic carbocycles. The standard InChI is InChI=1S/C7H4ClNO4.C6H5NO3/c8-7(10)13-6-3-1-5(2-4-6)9(11)12;8-6-3-1-5(2-4-6)7(9)10/h1-4H;1-4,8H. The molecular weight excluding hydrogens is 332 g/mol. The Bertz CT molecular complexity index is 701. The smallest absolute Gasteiger partial charge is 0.409 e. The molecule has 0 aromatic heterocycles. The minimum absolute atomic E-state index is 0.0159. The van der Waals surface area contributed by atoms with Gasteiger partial charge in [-0.1, -0.05) is 0 Å². The van der Waals surface area contributed by atoms with E-state index < -0.39 is 15.3 Å². The predicted molar refractivity (Wildman–Crippen MR) is 79.7 cm³/mol. The summed E-state index contributed by atoms with van der Waals surface area (Å²) in [6.45, 7) is 0. The third kappa shape index (κ3) is 6.40. The van der Waals surface area contributed by atoms with Crippen LogP contribution in [-0.2, 0) is 0 Å². The van der Waals surface area contributed by atoms with Gasteiger partial charge in [0, 0.05) is 35.9 Å². The Kier molecular flexibility index (Phi) is 6.44. The molecule has 1 N–H and O–H groups in total. The molecule has 0 spiro atoms. The average Bonchev–Trinajstić information content (AvgIpc) is 2.48. The van der Waals surface area contributed by atoms with Gasteiger partial charge in [0.25, 0.3) is 11.4 Å². The number of nitro benzene ring substituents is 2. The molecule has 0 amide bonds. The van der Waals surface area contributed by atoms with Crippen LogP contribution < -0.4 is 4.74 Å². The van der Waals surface area contributed by atoms with Crippen molar-refractivity contribution in [2.24, 2.45) is 0 Å². The number of hydrogen-bond acceptors (Lipinski definition) is 7. The van der Waals surface area contributed by atoms with E-state index in [0.29, 0.717) is 0 Å². The zero-order valence-electron chi connectivity index (χ0n) is 11.3. The van der Waals surface area contributed by atoms with Gasteiger partial charge >= 0.3 is 5.43 Å². The number of aromatic hydroxyl groups is 1. The average molecular weight is 341 g/mol. The van der Waals surface area contributed by atoms with Crippen molar-refractivity contribution in [3.05, 3.63) is 68.8 Å². The van der Waals surface area contributed by atoms with Crippen LogP contribution in [0.4, 0.5) is 16.2 Å². The van der Waals surface area contributed by atoms with Gasteiger partial charge in [0.15, 0.2) is 0 Å². The molecule has 0 aliphatic carbocycles. The Morgan fingerprint density at radius 1 is 0.913 bits per heavy atom. The molecule has 0 bridgehead atoms. The molecular formula is C13H9ClN2O7. The molecule has 2 rings (SSSR count). The lowest BCUT2D eigenvalue weighted by molar-refractivity contribution is -0.385. The van der Waals surface area contributed by atoms with Gasteiger partial charge in [0.05, 0.1) is 9.85 Å². The van der Waals surface area contributed by atoms with Crippen LogP contribution in [-0.4, -0.2) is 20.4 Å². The molecule has 120 valence electrons. The molecule has 23 heavy (non-hydrogen) atoms. The van der Waals surface area contributed by atoms with E-state index in [-0.39, 0.29) is 22.9 Å². The highest BCUT2D eigenvalue weighted by atomic mass is 35.5. The largest absolute Gasteiger partial charge is 0.508 e. The number of halogens is 1. The van der Waals surface area contributed by atoms with Gasteiger partial charge in [-0.25, -0.2) is 4.79 Å². The molecule has 0 saturated heterocycles. The number of non-ortho nitro benzene ring substituents is 2. The summed E-state index contributed by atoms with van der Waals surface area (Å²) in [5.41, 5.74) is -1.07. The minimum atomic E-state index is -0.978. The highest BCUT2D eigenvalue weighted by molar-refractivity contribution is 6.61. The van der Waals surface area contributed by atoms with Crippen LogP contribution in [0.5, 0.6) is 11.5 Å². The van der Waals surface area contributed by atoms with Crippen molar-refractivity contribution < 1.29 is 24.5 Å². The monoisotopic (exact) mass is 340 g/mol. The number of carbonyl (C=O) groups is 1. The molecule has 0 radical (unpaired) electrons. The summed E-state index contributed by atoms with van der Waals surface area (Å²) in [4.78, 5) is 29.4. The molecule has 0 aliphatic rings. The molecule has 10 heteroatoms. The fourth-order valence-corrected chi connectivity index (χ4v) is 1.39. The molecule has 0 atom stereocenters. The maximum Gasteiger partial charge on any atom is 0.409 e. The first-order valence-corrected chi connectivity index (χ1v) is 6.22. The lowest BCUT2D eigenvalue weighted by atomic mass is 10.3. The summed E-state index contributed by atoms with van der Waals surface area (Å²) in [7, 11) is 0. The molecule has 0 unspecified atom stereocenters. The topological polar surface area (TPSA) is 133 Å². The highest BCUT2D eigenvalue weighted by Crippen LogP contribution is 2.17. The van der Waals surface area contributed by atoms with Gasteiger partial charge in [-0.15, -0.1) is 0 Å². The Hall–Kier alpha value is -3.20. The minimum Gasteiger partial charge on any atom is -0.508 e.